The molecule has 3 aromatic rings. The van der Waals surface area contributed by atoms with Gasteiger partial charge in [0, 0.05) is 39.8 Å². The number of aryl methyl sites for hydroxylation is 1. The number of nitrogens with one attached hydrogen (secondary N) is 1. The topological polar surface area (TPSA) is 62.5 Å². The fraction of sp³-hybridized carbons (Fsp3) is 0.360. The molecule has 1 N–H and O–H groups in total. The van der Waals surface area contributed by atoms with Crippen molar-refractivity contribution in [3.8, 4) is 5.69 Å². The zero-order chi connectivity index (χ0) is 22.7. The number of carbonyl (C=O) groups is 1. The predicted octanol–water partition coefficient (Wildman–Crippen LogP) is 2.55. The van der Waals surface area contributed by atoms with Crippen molar-refractivity contribution in [2.24, 2.45) is 7.05 Å². The Balaban J connectivity index is 1.34. The monoisotopic (exact) mass is 433 g/mol. The summed E-state index contributed by atoms with van der Waals surface area (Å²) in [7, 11) is 1.83. The van der Waals surface area contributed by atoms with Crippen LogP contribution in [0.3, 0.4) is 0 Å². The molecule has 1 fully saturated rings. The second-order valence-electron chi connectivity index (χ2n) is 8.52. The first kappa shape index (κ1) is 22.0. The van der Waals surface area contributed by atoms with Gasteiger partial charge in [0.2, 0.25) is 5.91 Å². The van der Waals surface area contributed by atoms with E-state index >= 15 is 0 Å². The van der Waals surface area contributed by atoms with Crippen molar-refractivity contribution >= 4 is 11.6 Å². The van der Waals surface area contributed by atoms with Gasteiger partial charge in [0.05, 0.1) is 17.9 Å². The van der Waals surface area contributed by atoms with Gasteiger partial charge >= 0.3 is 0 Å². The number of benzene rings is 2. The highest BCUT2D eigenvalue weighted by atomic mass is 16.2. The zero-order valence-electron chi connectivity index (χ0n) is 19.0. The number of hydrogen-bond acceptors (Lipinski definition) is 4. The third kappa shape index (κ3) is 4.84. The molecule has 2 aromatic carbocycles. The van der Waals surface area contributed by atoms with E-state index in [1.807, 2.05) is 44.3 Å². The lowest BCUT2D eigenvalue weighted by atomic mass is 10.1. The molecule has 1 amide bonds. The van der Waals surface area contributed by atoms with Crippen molar-refractivity contribution in [3.63, 3.8) is 0 Å². The highest BCUT2D eigenvalue weighted by Crippen LogP contribution is 2.14. The van der Waals surface area contributed by atoms with Crippen molar-refractivity contribution in [1.82, 2.24) is 19.2 Å². The van der Waals surface area contributed by atoms with Crippen LogP contribution in [0.25, 0.3) is 5.69 Å². The van der Waals surface area contributed by atoms with Crippen LogP contribution in [-0.4, -0.2) is 57.8 Å². The number of rotatable bonds is 6. The smallest absolute Gasteiger partial charge is 0.295 e. The van der Waals surface area contributed by atoms with Crippen molar-refractivity contribution in [2.75, 3.05) is 38.0 Å². The van der Waals surface area contributed by atoms with Gasteiger partial charge in [0.1, 0.15) is 5.69 Å². The van der Waals surface area contributed by atoms with Gasteiger partial charge in [-0.3, -0.25) is 24.1 Å². The van der Waals surface area contributed by atoms with Gasteiger partial charge in [0.15, 0.2) is 0 Å². The summed E-state index contributed by atoms with van der Waals surface area (Å²) in [6.07, 6.45) is 0. The largest absolute Gasteiger partial charge is 0.319 e. The van der Waals surface area contributed by atoms with Gasteiger partial charge in [-0.1, -0.05) is 48.0 Å². The van der Waals surface area contributed by atoms with E-state index < -0.39 is 0 Å². The summed E-state index contributed by atoms with van der Waals surface area (Å²) in [6.45, 7) is 8.68. The molecule has 0 radical (unpaired) electrons. The molecule has 0 atom stereocenters. The van der Waals surface area contributed by atoms with Crippen molar-refractivity contribution in [1.29, 1.82) is 0 Å². The third-order valence-electron chi connectivity index (χ3n) is 6.18. The minimum atomic E-state index is -0.215. The van der Waals surface area contributed by atoms with Crippen LogP contribution in [0.2, 0.25) is 0 Å². The third-order valence-corrected chi connectivity index (χ3v) is 6.18. The van der Waals surface area contributed by atoms with E-state index in [1.54, 1.807) is 9.36 Å². The Kier molecular flexibility index (Phi) is 6.58. The fourth-order valence-electron chi connectivity index (χ4n) is 4.15. The molecule has 2 heterocycles. The number of piperazine rings is 1. The highest BCUT2D eigenvalue weighted by molar-refractivity contribution is 5.92. The normalized spacial score (nSPS) is 15.1. The summed E-state index contributed by atoms with van der Waals surface area (Å²) >= 11 is 0. The van der Waals surface area contributed by atoms with Gasteiger partial charge < -0.3 is 5.32 Å². The van der Waals surface area contributed by atoms with E-state index in [9.17, 15) is 9.59 Å². The van der Waals surface area contributed by atoms with Gasteiger partial charge in [-0.2, -0.15) is 0 Å². The molecular weight excluding hydrogens is 402 g/mol. The summed E-state index contributed by atoms with van der Waals surface area (Å²) in [4.78, 5) is 30.3. The SMILES string of the molecule is Cc1ccc(CN2CCN(CC(=O)Nc3c(C)n(C)n(-c4ccccc4)c3=O)CC2)cc1. The van der Waals surface area contributed by atoms with E-state index in [0.29, 0.717) is 5.69 Å². The first-order valence-electron chi connectivity index (χ1n) is 11.1. The van der Waals surface area contributed by atoms with Crippen molar-refractivity contribution in [2.45, 2.75) is 20.4 Å². The molecule has 7 heteroatoms. The number of nitrogens with zero attached hydrogens (tertiary/aromatic N) is 4. The molecule has 4 rings (SSSR count). The zero-order valence-corrected chi connectivity index (χ0v) is 19.0. The summed E-state index contributed by atoms with van der Waals surface area (Å²) in [5, 5.41) is 2.86. The Morgan fingerprint density at radius 2 is 1.53 bits per heavy atom. The van der Waals surface area contributed by atoms with Gasteiger partial charge in [-0.15, -0.1) is 0 Å². The van der Waals surface area contributed by atoms with Crippen LogP contribution in [0.5, 0.6) is 0 Å². The molecule has 0 aliphatic carbocycles. The minimum Gasteiger partial charge on any atom is -0.319 e. The predicted molar refractivity (Wildman–Crippen MR) is 127 cm³/mol. The van der Waals surface area contributed by atoms with Crippen LogP contribution in [-0.2, 0) is 18.4 Å². The molecule has 1 saturated heterocycles. The summed E-state index contributed by atoms with van der Waals surface area (Å²) in [6, 6.07) is 18.1. The van der Waals surface area contributed by atoms with Crippen LogP contribution >= 0.6 is 0 Å². The van der Waals surface area contributed by atoms with Gasteiger partial charge in [-0.25, -0.2) is 4.68 Å². The van der Waals surface area contributed by atoms with E-state index in [0.717, 1.165) is 44.1 Å². The number of anilines is 1. The van der Waals surface area contributed by atoms with Crippen LogP contribution in [0, 0.1) is 13.8 Å². The lowest BCUT2D eigenvalue weighted by molar-refractivity contribution is -0.117. The van der Waals surface area contributed by atoms with Crippen LogP contribution < -0.4 is 10.9 Å². The maximum atomic E-state index is 13.0. The summed E-state index contributed by atoms with van der Waals surface area (Å²) in [5.41, 5.74) is 4.22. The molecule has 0 bridgehead atoms. The van der Waals surface area contributed by atoms with Gasteiger partial charge in [-0.05, 0) is 31.5 Å². The Morgan fingerprint density at radius 1 is 0.906 bits per heavy atom. The number of hydrogen-bond donors (Lipinski definition) is 1. The quantitative estimate of drug-likeness (QED) is 0.649. The Labute approximate surface area is 188 Å². The fourth-order valence-corrected chi connectivity index (χ4v) is 4.15. The van der Waals surface area contributed by atoms with Crippen LogP contribution in [0.1, 0.15) is 16.8 Å². The molecular formula is C25H31N5O2. The lowest BCUT2D eigenvalue weighted by Crippen LogP contribution is -2.48. The molecule has 7 nitrogen and oxygen atoms in total. The number of aromatic nitrogens is 2. The maximum absolute atomic E-state index is 13.0. The van der Waals surface area contributed by atoms with Crippen molar-refractivity contribution in [3.05, 3.63) is 81.8 Å². The summed E-state index contributed by atoms with van der Waals surface area (Å²) < 4.78 is 3.35. The van der Waals surface area contributed by atoms with E-state index in [2.05, 4.69) is 46.3 Å². The molecule has 0 unspecified atom stereocenters. The van der Waals surface area contributed by atoms with E-state index in [1.165, 1.54) is 11.1 Å². The molecule has 1 aromatic heterocycles. The average molecular weight is 434 g/mol. The Bertz CT molecular complexity index is 1120. The molecule has 1 aliphatic rings. The molecule has 168 valence electrons. The minimum absolute atomic E-state index is 0.150. The van der Waals surface area contributed by atoms with Crippen LogP contribution in [0.15, 0.2) is 59.4 Å². The Morgan fingerprint density at radius 3 is 2.19 bits per heavy atom. The summed E-state index contributed by atoms with van der Waals surface area (Å²) in [5.74, 6) is -0.150. The number of amides is 1. The second kappa shape index (κ2) is 9.54. The molecule has 32 heavy (non-hydrogen) atoms. The van der Waals surface area contributed by atoms with E-state index in [-0.39, 0.29) is 18.0 Å². The van der Waals surface area contributed by atoms with Crippen molar-refractivity contribution < 1.29 is 4.79 Å². The van der Waals surface area contributed by atoms with E-state index in [4.69, 9.17) is 0 Å². The first-order chi connectivity index (χ1) is 15.4. The molecule has 0 spiro atoms. The Hall–Kier alpha value is -3.16. The highest BCUT2D eigenvalue weighted by Gasteiger charge is 2.22. The standard InChI is InChI=1S/C25H31N5O2/c1-19-9-11-21(12-10-19)17-28-13-15-29(16-14-28)18-23(31)26-24-20(2)27(3)30(25(24)32)22-7-5-4-6-8-22/h4-12H,13-18H2,1-3H3,(H,26,31). The second-order valence-corrected chi connectivity index (χ2v) is 8.52. The number of carbonyl (C=O) groups excluding carboxylic acids is 1. The molecule has 0 saturated carbocycles. The van der Waals surface area contributed by atoms with Crippen LogP contribution in [0.4, 0.5) is 5.69 Å². The molecule has 1 aliphatic heterocycles. The maximum Gasteiger partial charge on any atom is 0.295 e. The average Bonchev–Trinajstić information content (AvgIpc) is 3.00. The van der Waals surface area contributed by atoms with Gasteiger partial charge in [0.25, 0.3) is 5.56 Å². The first-order valence-corrected chi connectivity index (χ1v) is 11.1. The number of para-hydroxylation sites is 1. The lowest BCUT2D eigenvalue weighted by Gasteiger charge is -2.34.